The molecule has 2 aromatic carbocycles. The molecule has 1 heterocycles. The number of amides is 2. The summed E-state index contributed by atoms with van der Waals surface area (Å²) in [6.45, 7) is -0.278. The number of anilines is 2. The smallest absolute Gasteiger partial charge is 0.240 e. The highest BCUT2D eigenvalue weighted by Gasteiger charge is 2.12. The van der Waals surface area contributed by atoms with Crippen molar-refractivity contribution in [2.75, 3.05) is 25.0 Å². The van der Waals surface area contributed by atoms with E-state index in [4.69, 9.17) is 5.26 Å². The van der Waals surface area contributed by atoms with Crippen LogP contribution in [0.3, 0.4) is 0 Å². The van der Waals surface area contributed by atoms with Crippen molar-refractivity contribution >= 4 is 44.7 Å². The summed E-state index contributed by atoms with van der Waals surface area (Å²) in [5.74, 6) is -1.03. The molecule has 1 aromatic heterocycles. The van der Waals surface area contributed by atoms with Gasteiger partial charge in [-0.25, -0.2) is 9.37 Å². The summed E-state index contributed by atoms with van der Waals surface area (Å²) in [6, 6.07) is 13.8. The van der Waals surface area contributed by atoms with Crippen molar-refractivity contribution < 1.29 is 14.0 Å². The fourth-order valence-electron chi connectivity index (χ4n) is 2.64. The molecule has 0 aliphatic heterocycles. The Kier molecular flexibility index (Phi) is 6.36. The largest absolute Gasteiger partial charge is 0.347 e. The fourth-order valence-corrected chi connectivity index (χ4v) is 3.59. The second-order valence-electron chi connectivity index (χ2n) is 6.18. The maximum absolute atomic E-state index is 13.1. The van der Waals surface area contributed by atoms with Gasteiger partial charge >= 0.3 is 0 Å². The minimum atomic E-state index is -0.419. The Morgan fingerprint density at radius 1 is 1.14 bits per heavy atom. The maximum Gasteiger partial charge on any atom is 0.240 e. The Morgan fingerprint density at radius 3 is 2.59 bits per heavy atom. The average Bonchev–Trinajstić information content (AvgIpc) is 3.12. The van der Waals surface area contributed by atoms with Crippen LogP contribution in [0.15, 0.2) is 42.5 Å². The lowest BCUT2D eigenvalue weighted by atomic mass is 10.2. The summed E-state index contributed by atoms with van der Waals surface area (Å²) < 4.78 is 14.1. The number of hydrogen-bond donors (Lipinski definition) is 2. The van der Waals surface area contributed by atoms with E-state index in [1.807, 2.05) is 30.1 Å². The number of fused-ring (bicyclic) bond motifs is 1. The van der Waals surface area contributed by atoms with Gasteiger partial charge in [0.1, 0.15) is 17.4 Å². The van der Waals surface area contributed by atoms with E-state index in [1.54, 1.807) is 18.2 Å². The number of nitriles is 1. The number of nitrogens with zero attached hydrogens (tertiary/aromatic N) is 3. The Labute approximate surface area is 170 Å². The van der Waals surface area contributed by atoms with Gasteiger partial charge in [0, 0.05) is 18.4 Å². The van der Waals surface area contributed by atoms with Crippen molar-refractivity contribution in [3.63, 3.8) is 0 Å². The molecule has 0 bridgehead atoms. The summed E-state index contributed by atoms with van der Waals surface area (Å²) in [7, 11) is 1.88. The maximum atomic E-state index is 13.1. The van der Waals surface area contributed by atoms with E-state index in [1.165, 1.54) is 23.5 Å². The molecule has 0 aliphatic rings. The zero-order valence-corrected chi connectivity index (χ0v) is 16.4. The minimum absolute atomic E-state index is 0.0635. The molecule has 29 heavy (non-hydrogen) atoms. The van der Waals surface area contributed by atoms with Crippen molar-refractivity contribution in [2.24, 2.45) is 0 Å². The lowest BCUT2D eigenvalue weighted by Crippen LogP contribution is -2.37. The van der Waals surface area contributed by atoms with E-state index in [0.29, 0.717) is 5.01 Å². The molecule has 148 valence electrons. The van der Waals surface area contributed by atoms with Gasteiger partial charge in [0.2, 0.25) is 11.8 Å². The van der Waals surface area contributed by atoms with Gasteiger partial charge in [0.15, 0.2) is 0 Å². The van der Waals surface area contributed by atoms with Crippen molar-refractivity contribution in [2.45, 2.75) is 6.42 Å². The van der Waals surface area contributed by atoms with Crippen LogP contribution in [0.25, 0.3) is 10.2 Å². The van der Waals surface area contributed by atoms with Crippen LogP contribution >= 0.6 is 11.3 Å². The van der Waals surface area contributed by atoms with E-state index in [0.717, 1.165) is 21.6 Å². The van der Waals surface area contributed by atoms with Crippen LogP contribution < -0.4 is 15.5 Å². The molecule has 2 N–H and O–H groups in total. The molecular weight excluding hydrogens is 393 g/mol. The minimum Gasteiger partial charge on any atom is -0.347 e. The number of rotatable bonds is 7. The third-order valence-corrected chi connectivity index (χ3v) is 5.18. The summed E-state index contributed by atoms with van der Waals surface area (Å²) in [5.41, 5.74) is 2.49. The molecule has 9 heteroatoms. The van der Waals surface area contributed by atoms with E-state index in [9.17, 15) is 14.0 Å². The molecule has 2 amide bonds. The second-order valence-corrected chi connectivity index (χ2v) is 7.30. The highest BCUT2D eigenvalue weighted by Crippen LogP contribution is 2.30. The predicted molar refractivity (Wildman–Crippen MR) is 109 cm³/mol. The SMILES string of the molecule is CN(c1ccc(F)cc1)c1ccc2sc(CC(=O)NCC(=O)NCC#N)nc2c1. The molecule has 3 aromatic rings. The number of hydrogen-bond acceptors (Lipinski definition) is 6. The number of carbonyl (C=O) groups excluding carboxylic acids is 2. The van der Waals surface area contributed by atoms with E-state index in [2.05, 4.69) is 15.6 Å². The lowest BCUT2D eigenvalue weighted by Gasteiger charge is -2.19. The first-order chi connectivity index (χ1) is 14.0. The number of aromatic nitrogens is 1. The van der Waals surface area contributed by atoms with Crippen molar-refractivity contribution in [1.29, 1.82) is 5.26 Å². The van der Waals surface area contributed by atoms with Crippen LogP contribution in [0.5, 0.6) is 0 Å². The van der Waals surface area contributed by atoms with Crippen LogP contribution in [0.1, 0.15) is 5.01 Å². The van der Waals surface area contributed by atoms with Crippen LogP contribution in [0.2, 0.25) is 0 Å². The molecule has 7 nitrogen and oxygen atoms in total. The third-order valence-electron chi connectivity index (χ3n) is 4.14. The number of halogens is 1. The van der Waals surface area contributed by atoms with Gasteiger partial charge in [0.05, 0.1) is 29.3 Å². The topological polar surface area (TPSA) is 98.1 Å². The van der Waals surface area contributed by atoms with Crippen LogP contribution in [0, 0.1) is 17.1 Å². The number of nitrogens with one attached hydrogen (secondary N) is 2. The monoisotopic (exact) mass is 411 g/mol. The predicted octanol–water partition coefficient (Wildman–Crippen LogP) is 2.50. The number of thiazole rings is 1. The van der Waals surface area contributed by atoms with Gasteiger partial charge in [-0.1, -0.05) is 0 Å². The van der Waals surface area contributed by atoms with Crippen molar-refractivity contribution in [3.8, 4) is 6.07 Å². The molecule has 0 radical (unpaired) electrons. The molecular formula is C20H18FN5O2S. The first kappa shape index (κ1) is 20.2. The third kappa shape index (κ3) is 5.27. The Balaban J connectivity index is 1.66. The normalized spacial score (nSPS) is 10.4. The molecule has 3 rings (SSSR count). The van der Waals surface area contributed by atoms with Crippen LogP contribution in [-0.4, -0.2) is 36.9 Å². The molecule has 0 spiro atoms. The Morgan fingerprint density at radius 2 is 1.86 bits per heavy atom. The average molecular weight is 411 g/mol. The summed E-state index contributed by atoms with van der Waals surface area (Å²) in [5, 5.41) is 13.9. The zero-order valence-electron chi connectivity index (χ0n) is 15.6. The van der Waals surface area contributed by atoms with Crippen molar-refractivity contribution in [3.05, 3.63) is 53.3 Å². The quantitative estimate of drug-likeness (QED) is 0.582. The van der Waals surface area contributed by atoms with Gasteiger partial charge in [-0.15, -0.1) is 11.3 Å². The van der Waals surface area contributed by atoms with Crippen molar-refractivity contribution in [1.82, 2.24) is 15.6 Å². The first-order valence-electron chi connectivity index (χ1n) is 8.75. The molecule has 0 saturated heterocycles. The highest BCUT2D eigenvalue weighted by molar-refractivity contribution is 7.18. The van der Waals surface area contributed by atoms with Gasteiger partial charge in [-0.05, 0) is 42.5 Å². The van der Waals surface area contributed by atoms with Crippen LogP contribution in [0.4, 0.5) is 15.8 Å². The van der Waals surface area contributed by atoms with Gasteiger partial charge in [-0.3, -0.25) is 9.59 Å². The standard InChI is InChI=1S/C20H18FN5O2S/c1-26(14-4-2-13(21)3-5-14)15-6-7-17-16(10-15)25-20(29-17)11-18(27)24-12-19(28)23-9-8-22/h2-7,10H,9,11-12H2,1H3,(H,23,28)(H,24,27). The highest BCUT2D eigenvalue weighted by atomic mass is 32.1. The van der Waals surface area contributed by atoms with E-state index >= 15 is 0 Å². The summed E-state index contributed by atoms with van der Waals surface area (Å²) in [4.78, 5) is 29.9. The molecule has 0 aliphatic carbocycles. The Hall–Kier alpha value is -3.51. The Bertz CT molecular complexity index is 1070. The zero-order chi connectivity index (χ0) is 20.8. The van der Waals surface area contributed by atoms with Gasteiger partial charge in [0.25, 0.3) is 0 Å². The number of carbonyl (C=O) groups is 2. The van der Waals surface area contributed by atoms with Crippen LogP contribution in [-0.2, 0) is 16.0 Å². The molecule has 0 unspecified atom stereocenters. The van der Waals surface area contributed by atoms with Gasteiger partial charge in [-0.2, -0.15) is 5.26 Å². The first-order valence-corrected chi connectivity index (χ1v) is 9.57. The van der Waals surface area contributed by atoms with Gasteiger partial charge < -0.3 is 15.5 Å². The van der Waals surface area contributed by atoms with E-state index < -0.39 is 5.91 Å². The molecule has 0 saturated carbocycles. The fraction of sp³-hybridized carbons (Fsp3) is 0.200. The molecule has 0 atom stereocenters. The molecule has 0 fully saturated rings. The number of benzene rings is 2. The summed E-state index contributed by atoms with van der Waals surface area (Å²) >= 11 is 1.41. The van der Waals surface area contributed by atoms with E-state index in [-0.39, 0.29) is 31.2 Å². The summed E-state index contributed by atoms with van der Waals surface area (Å²) in [6.07, 6.45) is 0.0635. The lowest BCUT2D eigenvalue weighted by molar-refractivity contribution is -0.125. The second kappa shape index (κ2) is 9.12.